The van der Waals surface area contributed by atoms with Crippen molar-refractivity contribution in [2.45, 2.75) is 102 Å². The fraction of sp³-hybridized carbons (Fsp3) is 0.467. The monoisotopic (exact) mass is 1000 g/mol. The van der Waals surface area contributed by atoms with Crippen molar-refractivity contribution >= 4 is 66.2 Å². The summed E-state index contributed by atoms with van der Waals surface area (Å²) in [4.78, 5) is 78.3. The second kappa shape index (κ2) is 30.8. The third-order valence-corrected chi connectivity index (χ3v) is 11.8. The number of hydrogen-bond donors (Lipinski definition) is 9. The molecular formula is C45H63BFN8O12S2. The van der Waals surface area contributed by atoms with E-state index in [0.29, 0.717) is 55.6 Å². The second-order valence-corrected chi connectivity index (χ2v) is 18.0. The van der Waals surface area contributed by atoms with E-state index >= 15 is 0 Å². The highest BCUT2D eigenvalue weighted by Crippen LogP contribution is 2.23. The Hall–Kier alpha value is -5.63. The fourth-order valence-corrected chi connectivity index (χ4v) is 7.99. The van der Waals surface area contributed by atoms with E-state index in [1.165, 1.54) is 24.3 Å². The van der Waals surface area contributed by atoms with Crippen LogP contribution in [0.3, 0.4) is 0 Å². The average molecular weight is 1000 g/mol. The van der Waals surface area contributed by atoms with Crippen LogP contribution in [0.25, 0.3) is 0 Å². The van der Waals surface area contributed by atoms with Gasteiger partial charge in [-0.2, -0.15) is 8.42 Å². The zero-order chi connectivity index (χ0) is 50.8. The van der Waals surface area contributed by atoms with Crippen LogP contribution in [0.4, 0.5) is 3.89 Å². The number of nitrogens with one attached hydrogen (secondary N) is 5. The van der Waals surface area contributed by atoms with Crippen molar-refractivity contribution in [2.75, 3.05) is 32.7 Å². The van der Waals surface area contributed by atoms with Crippen molar-refractivity contribution in [1.82, 2.24) is 36.4 Å². The van der Waals surface area contributed by atoms with E-state index in [1.807, 2.05) is 13.8 Å². The van der Waals surface area contributed by atoms with Gasteiger partial charge < -0.3 is 60.9 Å². The van der Waals surface area contributed by atoms with Crippen LogP contribution in [-0.4, -0.2) is 133 Å². The highest BCUT2D eigenvalue weighted by molar-refractivity contribution is 7.94. The van der Waals surface area contributed by atoms with E-state index < -0.39 is 40.3 Å². The number of nitrogens with zero attached hydrogens (tertiary/aromatic N) is 2. The molecule has 0 spiro atoms. The molecule has 0 aromatic heterocycles. The SMILES string of the molecule is CC(C)NC(=O)c1ccc(CNC(=O)C(CCCCN)NC(=O)C(Cc2ccc(OS(=O)(=O)F)cc2)NCc2ccc(C(=O)NCC(=O)N3CCCC3)cc2)cc1.O=CN1CCCC1SO.O[B]O. The van der Waals surface area contributed by atoms with Crippen LogP contribution in [0.15, 0.2) is 72.8 Å². The summed E-state index contributed by atoms with van der Waals surface area (Å²) in [7, 11) is -5.23. The third-order valence-electron chi connectivity index (χ3n) is 10.7. The number of unbranched alkanes of at least 4 members (excludes halogenated alkanes) is 1. The molecule has 3 aromatic carbocycles. The lowest BCUT2D eigenvalue weighted by molar-refractivity contribution is -0.130. The summed E-state index contributed by atoms with van der Waals surface area (Å²) in [5.74, 6) is -1.87. The molecule has 0 saturated carbocycles. The van der Waals surface area contributed by atoms with Crippen molar-refractivity contribution in [3.63, 3.8) is 0 Å². The van der Waals surface area contributed by atoms with Gasteiger partial charge in [0.05, 0.1) is 12.6 Å². The van der Waals surface area contributed by atoms with Crippen LogP contribution in [0.5, 0.6) is 5.75 Å². The van der Waals surface area contributed by atoms with E-state index in [0.717, 1.165) is 61.8 Å². The first-order chi connectivity index (χ1) is 33.0. The van der Waals surface area contributed by atoms with Crippen LogP contribution in [0, 0.1) is 0 Å². The minimum atomic E-state index is -5.23. The third kappa shape index (κ3) is 21.7. The fourth-order valence-electron chi connectivity index (χ4n) is 7.10. The average Bonchev–Trinajstić information content (AvgIpc) is 4.05. The van der Waals surface area contributed by atoms with Crippen LogP contribution < -0.4 is 36.5 Å². The van der Waals surface area contributed by atoms with Gasteiger partial charge in [-0.3, -0.25) is 28.8 Å². The Bertz CT molecular complexity index is 2190. The van der Waals surface area contributed by atoms with Crippen LogP contribution in [0.2, 0.25) is 0 Å². The Labute approximate surface area is 407 Å². The molecule has 69 heavy (non-hydrogen) atoms. The molecule has 2 aliphatic rings. The molecule has 1 radical (unpaired) electrons. The van der Waals surface area contributed by atoms with Crippen LogP contribution in [-0.2, 0) is 49.2 Å². The van der Waals surface area contributed by atoms with Crippen LogP contribution >= 0.6 is 12.0 Å². The normalized spacial score (nSPS) is 15.0. The van der Waals surface area contributed by atoms with Crippen molar-refractivity contribution in [1.29, 1.82) is 0 Å². The van der Waals surface area contributed by atoms with Crippen molar-refractivity contribution in [3.8, 4) is 5.75 Å². The van der Waals surface area contributed by atoms with E-state index in [2.05, 4.69) is 30.8 Å². The number of hydrogen-bond acceptors (Lipinski definition) is 15. The summed E-state index contributed by atoms with van der Waals surface area (Å²) in [6, 6.07) is 17.2. The van der Waals surface area contributed by atoms with Gasteiger partial charge in [-0.25, -0.2) is 0 Å². The summed E-state index contributed by atoms with van der Waals surface area (Å²) in [5.41, 5.74) is 8.63. The molecule has 3 unspecified atom stereocenters. The predicted molar refractivity (Wildman–Crippen MR) is 258 cm³/mol. The zero-order valence-corrected chi connectivity index (χ0v) is 40.3. The molecule has 20 nitrogen and oxygen atoms in total. The molecule has 0 aliphatic carbocycles. The lowest BCUT2D eigenvalue weighted by atomic mass is 10.0. The summed E-state index contributed by atoms with van der Waals surface area (Å²) < 4.78 is 47.8. The van der Waals surface area contributed by atoms with Gasteiger partial charge in [0.1, 0.15) is 17.2 Å². The van der Waals surface area contributed by atoms with E-state index in [4.69, 9.17) is 20.3 Å². The molecule has 2 fully saturated rings. The molecular weight excluding hydrogens is 938 g/mol. The van der Waals surface area contributed by atoms with Crippen molar-refractivity contribution < 1.29 is 59.9 Å². The molecule has 2 aliphatic heterocycles. The van der Waals surface area contributed by atoms with Crippen molar-refractivity contribution in [3.05, 3.63) is 101 Å². The van der Waals surface area contributed by atoms with E-state index in [-0.39, 0.29) is 62.7 Å². The Kier molecular flexibility index (Phi) is 25.7. The highest BCUT2D eigenvalue weighted by atomic mass is 32.3. The predicted octanol–water partition coefficient (Wildman–Crippen LogP) is 1.68. The maximum atomic E-state index is 13.9. The molecule has 3 aromatic rings. The molecule has 0 bridgehead atoms. The largest absolute Gasteiger partial charge is 0.488 e. The number of amides is 6. The Morgan fingerprint density at radius 2 is 1.39 bits per heavy atom. The molecule has 10 N–H and O–H groups in total. The first-order valence-corrected chi connectivity index (χ1v) is 24.6. The van der Waals surface area contributed by atoms with Crippen molar-refractivity contribution in [2.24, 2.45) is 5.73 Å². The Balaban J connectivity index is 0.000000920. The molecule has 377 valence electrons. The molecule has 3 atom stereocenters. The topological polar surface area (TPSA) is 299 Å². The summed E-state index contributed by atoms with van der Waals surface area (Å²) in [6.07, 6.45) is 6.23. The lowest BCUT2D eigenvalue weighted by Gasteiger charge is -2.24. The molecule has 24 heteroatoms. The highest BCUT2D eigenvalue weighted by Gasteiger charge is 2.27. The summed E-state index contributed by atoms with van der Waals surface area (Å²) >= 11 is 0.760. The van der Waals surface area contributed by atoms with Crippen LogP contribution in [0.1, 0.15) is 96.2 Å². The molecule has 2 saturated heterocycles. The first kappa shape index (κ1) is 57.7. The standard InChI is InChI=1S/C40H52FN7O8S.C5H9NO2S.BH2O2/c1-27(2)46-38(51)32-16-10-30(11-17-32)25-44-39(52)34(7-3-4-20-42)47-40(53)35(23-28-12-18-33(19-13-28)56-57(41,54)55)43-24-29-8-14-31(15-9-29)37(50)45-26-36(49)48-21-5-6-22-48;7-4-6-3-1-2-5(6)9-8;2-1-3/h8-19,27,34-35,43H,3-7,20-26,42H2,1-2H3,(H,44,52)(H,45,50)(H,46,51)(H,47,53);4-5,8H,1-3H2;2-3H. The Morgan fingerprint density at radius 1 is 0.812 bits per heavy atom. The maximum Gasteiger partial charge on any atom is 0.488 e. The quantitative estimate of drug-likeness (QED) is 0.0215. The summed E-state index contributed by atoms with van der Waals surface area (Å²) in [5, 5.41) is 28.5. The minimum Gasteiger partial charge on any atom is -0.429 e. The number of rotatable bonds is 23. The second-order valence-electron chi connectivity index (χ2n) is 16.3. The van der Waals surface area contributed by atoms with Gasteiger partial charge in [0, 0.05) is 61.9 Å². The zero-order valence-electron chi connectivity index (χ0n) is 38.7. The lowest BCUT2D eigenvalue weighted by Crippen LogP contribution is -2.53. The first-order valence-electron chi connectivity index (χ1n) is 22.4. The number of carbonyl (C=O) groups excluding carboxylic acids is 6. The Morgan fingerprint density at radius 3 is 1.93 bits per heavy atom. The van der Waals surface area contributed by atoms with E-state index in [1.54, 1.807) is 58.3 Å². The van der Waals surface area contributed by atoms with Gasteiger partial charge >= 0.3 is 18.2 Å². The number of benzene rings is 3. The number of carbonyl (C=O) groups is 6. The van der Waals surface area contributed by atoms with Gasteiger partial charge in [-0.05, 0) is 125 Å². The molecule has 6 amide bonds. The van der Waals surface area contributed by atoms with Gasteiger partial charge in [0.25, 0.3) is 11.8 Å². The smallest absolute Gasteiger partial charge is 0.429 e. The maximum absolute atomic E-state index is 13.9. The van der Waals surface area contributed by atoms with Gasteiger partial charge in [0.2, 0.25) is 24.1 Å². The van der Waals surface area contributed by atoms with Gasteiger partial charge in [-0.15, -0.1) is 0 Å². The van der Waals surface area contributed by atoms with E-state index in [9.17, 15) is 41.1 Å². The molecule has 2 heterocycles. The number of halogens is 1. The van der Waals surface area contributed by atoms with Gasteiger partial charge in [0.15, 0.2) is 0 Å². The minimum absolute atomic E-state index is 0. The number of nitrogens with two attached hydrogens (primary N) is 1. The molecule has 5 rings (SSSR count). The number of likely N-dealkylation sites (tertiary alicyclic amines) is 2. The van der Waals surface area contributed by atoms with Gasteiger partial charge in [-0.1, -0.05) is 40.3 Å². The summed E-state index contributed by atoms with van der Waals surface area (Å²) in [6.45, 7) is 6.57.